The molecule has 0 N–H and O–H groups in total. The van der Waals surface area contributed by atoms with Crippen LogP contribution in [0.3, 0.4) is 0 Å². The van der Waals surface area contributed by atoms with Crippen molar-refractivity contribution in [2.75, 3.05) is 0 Å². The summed E-state index contributed by atoms with van der Waals surface area (Å²) in [4.78, 5) is 11.4. The minimum atomic E-state index is 0.153. The molecule has 1 heteroatoms. The molecule has 0 aromatic heterocycles. The number of fused-ring (bicyclic) bond motifs is 1. The molecule has 1 saturated carbocycles. The number of hydrogen-bond donors (Lipinski definition) is 0. The van der Waals surface area contributed by atoms with Gasteiger partial charge < -0.3 is 0 Å². The van der Waals surface area contributed by atoms with Crippen LogP contribution in [0.2, 0.25) is 0 Å². The molecule has 72 valence electrons. The SMILES string of the molecule is C[C@]12CCC=C[C@@]1(C)CC(=O)CC2. The van der Waals surface area contributed by atoms with Gasteiger partial charge in [0.15, 0.2) is 0 Å². The summed E-state index contributed by atoms with van der Waals surface area (Å²) in [6.45, 7) is 4.60. The van der Waals surface area contributed by atoms with Crippen LogP contribution in [0.5, 0.6) is 0 Å². The van der Waals surface area contributed by atoms with Gasteiger partial charge in [0, 0.05) is 12.8 Å². The molecule has 0 aliphatic heterocycles. The van der Waals surface area contributed by atoms with Crippen molar-refractivity contribution in [2.45, 2.75) is 46.0 Å². The van der Waals surface area contributed by atoms with Crippen LogP contribution in [0.1, 0.15) is 46.0 Å². The highest BCUT2D eigenvalue weighted by atomic mass is 16.1. The first-order valence-corrected chi connectivity index (χ1v) is 5.25. The molecule has 1 nitrogen and oxygen atoms in total. The van der Waals surface area contributed by atoms with Gasteiger partial charge in [0.25, 0.3) is 0 Å². The highest BCUT2D eigenvalue weighted by molar-refractivity contribution is 5.80. The molecule has 2 aliphatic carbocycles. The van der Waals surface area contributed by atoms with Crippen molar-refractivity contribution in [2.24, 2.45) is 10.8 Å². The summed E-state index contributed by atoms with van der Waals surface area (Å²) in [5.41, 5.74) is 0.538. The highest BCUT2D eigenvalue weighted by Gasteiger charge is 2.47. The maximum absolute atomic E-state index is 11.4. The molecule has 0 aromatic carbocycles. The quantitative estimate of drug-likeness (QED) is 0.521. The zero-order valence-electron chi connectivity index (χ0n) is 8.60. The first-order valence-electron chi connectivity index (χ1n) is 5.25. The van der Waals surface area contributed by atoms with E-state index in [1.807, 2.05) is 0 Å². The lowest BCUT2D eigenvalue weighted by atomic mass is 9.54. The fraction of sp³-hybridized carbons (Fsp3) is 0.750. The Bertz CT molecular complexity index is 266. The minimum Gasteiger partial charge on any atom is -0.300 e. The lowest BCUT2D eigenvalue weighted by Crippen LogP contribution is -2.43. The minimum absolute atomic E-state index is 0.153. The van der Waals surface area contributed by atoms with Crippen molar-refractivity contribution < 1.29 is 4.79 Å². The van der Waals surface area contributed by atoms with Crippen molar-refractivity contribution >= 4 is 5.78 Å². The third-order valence-corrected chi connectivity index (χ3v) is 4.25. The standard InChI is InChI=1S/C12H18O/c1-11-6-3-4-7-12(11,2)9-10(13)5-8-11/h4,7H,3,5-6,8-9H2,1-2H3/t11-,12+/m1/s1. The monoisotopic (exact) mass is 178 g/mol. The summed E-state index contributed by atoms with van der Waals surface area (Å²) in [6, 6.07) is 0. The second-order valence-electron chi connectivity index (χ2n) is 5.13. The highest BCUT2D eigenvalue weighted by Crippen LogP contribution is 2.54. The van der Waals surface area contributed by atoms with Crippen molar-refractivity contribution in [3.05, 3.63) is 12.2 Å². The van der Waals surface area contributed by atoms with Gasteiger partial charge in [-0.2, -0.15) is 0 Å². The fourth-order valence-electron chi connectivity index (χ4n) is 2.83. The second kappa shape index (κ2) is 2.70. The zero-order chi connectivity index (χ0) is 9.53. The van der Waals surface area contributed by atoms with E-state index in [0.29, 0.717) is 11.2 Å². The number of allylic oxidation sites excluding steroid dienone is 2. The molecular weight excluding hydrogens is 160 g/mol. The number of rotatable bonds is 0. The molecule has 0 saturated heterocycles. The molecule has 0 amide bonds. The van der Waals surface area contributed by atoms with E-state index >= 15 is 0 Å². The number of hydrogen-bond acceptors (Lipinski definition) is 1. The third kappa shape index (κ3) is 1.25. The van der Waals surface area contributed by atoms with Crippen LogP contribution in [-0.2, 0) is 4.79 Å². The lowest BCUT2D eigenvalue weighted by Gasteiger charge is -2.50. The van der Waals surface area contributed by atoms with Gasteiger partial charge in [0.2, 0.25) is 0 Å². The Labute approximate surface area is 80.2 Å². The van der Waals surface area contributed by atoms with Gasteiger partial charge >= 0.3 is 0 Å². The molecule has 2 aliphatic rings. The van der Waals surface area contributed by atoms with E-state index in [-0.39, 0.29) is 5.41 Å². The van der Waals surface area contributed by atoms with E-state index in [2.05, 4.69) is 26.0 Å². The molecule has 0 heterocycles. The predicted molar refractivity (Wildman–Crippen MR) is 53.4 cm³/mol. The van der Waals surface area contributed by atoms with E-state index in [0.717, 1.165) is 19.3 Å². The van der Waals surface area contributed by atoms with Gasteiger partial charge in [-0.1, -0.05) is 26.0 Å². The van der Waals surface area contributed by atoms with Gasteiger partial charge in [-0.05, 0) is 30.1 Å². The molecule has 0 bridgehead atoms. The van der Waals surface area contributed by atoms with Crippen molar-refractivity contribution in [3.8, 4) is 0 Å². The van der Waals surface area contributed by atoms with Crippen molar-refractivity contribution in [1.29, 1.82) is 0 Å². The zero-order valence-corrected chi connectivity index (χ0v) is 8.60. The maximum atomic E-state index is 11.4. The Morgan fingerprint density at radius 2 is 2.08 bits per heavy atom. The number of carbonyl (C=O) groups excluding carboxylic acids is 1. The number of Topliss-reactive ketones (excluding diaryl/α,β-unsaturated/α-hetero) is 1. The Morgan fingerprint density at radius 3 is 2.85 bits per heavy atom. The Balaban J connectivity index is 2.34. The van der Waals surface area contributed by atoms with E-state index in [1.54, 1.807) is 0 Å². The fourth-order valence-corrected chi connectivity index (χ4v) is 2.83. The largest absolute Gasteiger partial charge is 0.300 e. The molecule has 2 atom stereocenters. The molecule has 1 fully saturated rings. The van der Waals surface area contributed by atoms with E-state index in [4.69, 9.17) is 0 Å². The maximum Gasteiger partial charge on any atom is 0.133 e. The van der Waals surface area contributed by atoms with Gasteiger partial charge in [-0.3, -0.25) is 4.79 Å². The van der Waals surface area contributed by atoms with Crippen LogP contribution in [-0.4, -0.2) is 5.78 Å². The molecule has 0 spiro atoms. The first-order chi connectivity index (χ1) is 6.06. The van der Waals surface area contributed by atoms with Crippen LogP contribution >= 0.6 is 0 Å². The first kappa shape index (κ1) is 8.98. The van der Waals surface area contributed by atoms with E-state index in [1.165, 1.54) is 12.8 Å². The van der Waals surface area contributed by atoms with E-state index < -0.39 is 0 Å². The second-order valence-corrected chi connectivity index (χ2v) is 5.13. The van der Waals surface area contributed by atoms with Gasteiger partial charge in [-0.15, -0.1) is 0 Å². The molecule has 0 aromatic rings. The summed E-state index contributed by atoms with van der Waals surface area (Å²) in [7, 11) is 0. The van der Waals surface area contributed by atoms with Crippen molar-refractivity contribution in [1.82, 2.24) is 0 Å². The van der Waals surface area contributed by atoms with Gasteiger partial charge in [0.05, 0.1) is 0 Å². The lowest BCUT2D eigenvalue weighted by molar-refractivity contribution is -0.127. The molecule has 13 heavy (non-hydrogen) atoms. The third-order valence-electron chi connectivity index (χ3n) is 4.25. The van der Waals surface area contributed by atoms with Gasteiger partial charge in [-0.25, -0.2) is 0 Å². The van der Waals surface area contributed by atoms with Crippen LogP contribution in [0.4, 0.5) is 0 Å². The summed E-state index contributed by atoms with van der Waals surface area (Å²) in [5, 5.41) is 0. The van der Waals surface area contributed by atoms with Crippen LogP contribution in [0, 0.1) is 10.8 Å². The molecular formula is C12H18O. The topological polar surface area (TPSA) is 17.1 Å². The normalized spacial score (nSPS) is 44.6. The summed E-state index contributed by atoms with van der Waals surface area (Å²) in [5.74, 6) is 0.450. The molecule has 0 unspecified atom stereocenters. The summed E-state index contributed by atoms with van der Waals surface area (Å²) < 4.78 is 0. The Kier molecular flexibility index (Phi) is 1.86. The summed E-state index contributed by atoms with van der Waals surface area (Å²) >= 11 is 0. The van der Waals surface area contributed by atoms with Crippen LogP contribution in [0.15, 0.2) is 12.2 Å². The predicted octanol–water partition coefficient (Wildman–Crippen LogP) is 3.10. The average molecular weight is 178 g/mol. The van der Waals surface area contributed by atoms with Crippen LogP contribution < -0.4 is 0 Å². The Morgan fingerprint density at radius 1 is 1.31 bits per heavy atom. The molecule has 2 rings (SSSR count). The number of ketones is 1. The average Bonchev–Trinajstić information content (AvgIpc) is 2.07. The van der Waals surface area contributed by atoms with Crippen molar-refractivity contribution in [3.63, 3.8) is 0 Å². The van der Waals surface area contributed by atoms with E-state index in [9.17, 15) is 4.79 Å². The van der Waals surface area contributed by atoms with Gasteiger partial charge in [0.1, 0.15) is 5.78 Å². The smallest absolute Gasteiger partial charge is 0.133 e. The molecule has 0 radical (unpaired) electrons. The van der Waals surface area contributed by atoms with Crippen LogP contribution in [0.25, 0.3) is 0 Å². The summed E-state index contributed by atoms with van der Waals surface area (Å²) in [6.07, 6.45) is 9.65. The Hall–Kier alpha value is -0.590. The number of carbonyl (C=O) groups is 1.